The molecule has 3 aromatic rings. The molecule has 0 bridgehead atoms. The highest BCUT2D eigenvalue weighted by atomic mass is 35.5. The quantitative estimate of drug-likeness (QED) is 0.583. The van der Waals surface area contributed by atoms with Crippen molar-refractivity contribution in [3.05, 3.63) is 76.4 Å². The number of hydrogen-bond donors (Lipinski definition) is 1. The van der Waals surface area contributed by atoms with Crippen LogP contribution < -0.4 is 10.1 Å². The molecule has 3 rings (SSSR count). The zero-order chi connectivity index (χ0) is 20.1. The molecular formula is C21H19ClN2O4. The number of carbonyl (C=O) groups is 2. The summed E-state index contributed by atoms with van der Waals surface area (Å²) in [6, 6.07) is 14.9. The molecule has 6 nitrogen and oxygen atoms in total. The fourth-order valence-corrected chi connectivity index (χ4v) is 2.54. The maximum Gasteiger partial charge on any atom is 0.264 e. The summed E-state index contributed by atoms with van der Waals surface area (Å²) in [7, 11) is 0. The third-order valence-electron chi connectivity index (χ3n) is 3.98. The molecule has 1 heterocycles. The van der Waals surface area contributed by atoms with Crippen LogP contribution in [0.3, 0.4) is 0 Å². The minimum Gasteiger partial charge on any atom is -0.484 e. The van der Waals surface area contributed by atoms with Gasteiger partial charge in [-0.25, -0.2) is 0 Å². The molecule has 0 saturated carbocycles. The van der Waals surface area contributed by atoms with Crippen LogP contribution in [0.5, 0.6) is 5.75 Å². The smallest absolute Gasteiger partial charge is 0.264 e. The van der Waals surface area contributed by atoms with Crippen LogP contribution in [0.2, 0.25) is 5.02 Å². The van der Waals surface area contributed by atoms with E-state index in [1.54, 1.807) is 54.6 Å². The van der Waals surface area contributed by atoms with Gasteiger partial charge < -0.3 is 9.26 Å². The largest absolute Gasteiger partial charge is 0.484 e. The van der Waals surface area contributed by atoms with Gasteiger partial charge in [0.25, 0.3) is 5.91 Å². The first kappa shape index (κ1) is 19.6. The molecule has 2 aromatic carbocycles. The second kappa shape index (κ2) is 8.71. The van der Waals surface area contributed by atoms with Crippen molar-refractivity contribution < 1.29 is 18.8 Å². The summed E-state index contributed by atoms with van der Waals surface area (Å²) < 4.78 is 10.5. The number of rotatable bonds is 7. The zero-order valence-corrected chi connectivity index (χ0v) is 16.2. The second-order valence-electron chi connectivity index (χ2n) is 6.47. The van der Waals surface area contributed by atoms with Crippen LogP contribution in [-0.4, -0.2) is 23.5 Å². The molecule has 0 atom stereocenters. The van der Waals surface area contributed by atoms with E-state index in [-0.39, 0.29) is 30.1 Å². The summed E-state index contributed by atoms with van der Waals surface area (Å²) in [6.45, 7) is 3.77. The monoisotopic (exact) mass is 398 g/mol. The molecule has 28 heavy (non-hydrogen) atoms. The summed E-state index contributed by atoms with van der Waals surface area (Å²) in [5.41, 5.74) is 1.82. The Morgan fingerprint density at radius 2 is 1.68 bits per heavy atom. The number of carbonyl (C=O) groups excluding carboxylic acids is 2. The Kier molecular flexibility index (Phi) is 6.11. The van der Waals surface area contributed by atoms with Crippen molar-refractivity contribution in [2.45, 2.75) is 19.8 Å². The summed E-state index contributed by atoms with van der Waals surface area (Å²) in [4.78, 5) is 24.4. The van der Waals surface area contributed by atoms with Crippen molar-refractivity contribution >= 4 is 29.2 Å². The van der Waals surface area contributed by atoms with Crippen molar-refractivity contribution in [2.24, 2.45) is 0 Å². The van der Waals surface area contributed by atoms with E-state index < -0.39 is 0 Å². The number of ketones is 1. The zero-order valence-electron chi connectivity index (χ0n) is 15.4. The van der Waals surface area contributed by atoms with E-state index in [0.717, 1.165) is 5.69 Å². The van der Waals surface area contributed by atoms with Gasteiger partial charge in [-0.05, 0) is 54.4 Å². The number of nitrogens with zero attached hydrogens (tertiary/aromatic N) is 1. The Hall–Kier alpha value is -3.12. The van der Waals surface area contributed by atoms with Crippen molar-refractivity contribution in [2.75, 3.05) is 11.9 Å². The van der Waals surface area contributed by atoms with Crippen LogP contribution in [0.15, 0.2) is 59.1 Å². The van der Waals surface area contributed by atoms with Crippen LogP contribution in [0.4, 0.5) is 5.88 Å². The predicted octanol–water partition coefficient (Wildman–Crippen LogP) is 4.70. The van der Waals surface area contributed by atoms with Gasteiger partial charge in [-0.1, -0.05) is 30.6 Å². The number of hydrogen-bond acceptors (Lipinski definition) is 5. The topological polar surface area (TPSA) is 81.4 Å². The van der Waals surface area contributed by atoms with E-state index in [4.69, 9.17) is 20.9 Å². The Morgan fingerprint density at radius 3 is 2.25 bits per heavy atom. The lowest BCUT2D eigenvalue weighted by Gasteiger charge is -2.07. The maximum absolute atomic E-state index is 12.4. The minimum atomic E-state index is -0.368. The third-order valence-corrected chi connectivity index (χ3v) is 4.23. The van der Waals surface area contributed by atoms with Gasteiger partial charge in [-0.15, -0.1) is 0 Å². The number of ether oxygens (including phenoxy) is 1. The number of nitrogens with one attached hydrogen (secondary N) is 1. The van der Waals surface area contributed by atoms with Crippen molar-refractivity contribution in [3.8, 4) is 5.75 Å². The number of amides is 1. The highest BCUT2D eigenvalue weighted by Crippen LogP contribution is 2.19. The number of benzene rings is 2. The van der Waals surface area contributed by atoms with E-state index in [1.165, 1.54) is 0 Å². The Bertz CT molecular complexity index is 963. The molecule has 1 N–H and O–H groups in total. The van der Waals surface area contributed by atoms with Crippen LogP contribution in [0.1, 0.15) is 41.4 Å². The molecule has 7 heteroatoms. The average molecular weight is 399 g/mol. The highest BCUT2D eigenvalue weighted by molar-refractivity contribution is 6.30. The van der Waals surface area contributed by atoms with Gasteiger partial charge in [0.15, 0.2) is 12.4 Å². The van der Waals surface area contributed by atoms with Gasteiger partial charge in [-0.3, -0.25) is 14.9 Å². The first-order valence-electron chi connectivity index (χ1n) is 8.72. The third kappa shape index (κ3) is 4.98. The molecule has 0 aliphatic carbocycles. The molecule has 0 fully saturated rings. The first-order chi connectivity index (χ1) is 13.4. The molecule has 144 valence electrons. The first-order valence-corrected chi connectivity index (χ1v) is 9.10. The van der Waals surface area contributed by atoms with Gasteiger partial charge in [0.05, 0.1) is 5.69 Å². The van der Waals surface area contributed by atoms with Gasteiger partial charge >= 0.3 is 0 Å². The van der Waals surface area contributed by atoms with E-state index >= 15 is 0 Å². The van der Waals surface area contributed by atoms with Crippen LogP contribution >= 0.6 is 11.6 Å². The second-order valence-corrected chi connectivity index (χ2v) is 6.90. The molecule has 0 unspecified atom stereocenters. The Balaban J connectivity index is 1.54. The molecular weight excluding hydrogens is 380 g/mol. The summed E-state index contributed by atoms with van der Waals surface area (Å²) >= 11 is 5.84. The molecule has 0 aliphatic rings. The summed E-state index contributed by atoms with van der Waals surface area (Å²) in [5.74, 6) is 0.476. The van der Waals surface area contributed by atoms with Crippen molar-refractivity contribution in [1.82, 2.24) is 5.16 Å². The van der Waals surface area contributed by atoms with E-state index in [1.807, 2.05) is 13.8 Å². The highest BCUT2D eigenvalue weighted by Gasteiger charge is 2.12. The number of aromatic nitrogens is 1. The maximum atomic E-state index is 12.4. The molecule has 0 aliphatic heterocycles. The lowest BCUT2D eigenvalue weighted by Crippen LogP contribution is -2.19. The lowest BCUT2D eigenvalue weighted by molar-refractivity contribution is -0.118. The standard InChI is InChI=1S/C21H19ClN2O4/c1-13(2)18-11-20(28-24-18)23-19(25)12-27-17-9-5-15(6-10-17)21(26)14-3-7-16(22)8-4-14/h3-11,13H,12H2,1-2H3,(H,23,25). The fraction of sp³-hybridized carbons (Fsp3) is 0.190. The van der Waals surface area contributed by atoms with Crippen LogP contribution in [-0.2, 0) is 4.79 Å². The Morgan fingerprint density at radius 1 is 1.07 bits per heavy atom. The van der Waals surface area contributed by atoms with Crippen molar-refractivity contribution in [1.29, 1.82) is 0 Å². The fourth-order valence-electron chi connectivity index (χ4n) is 2.41. The van der Waals surface area contributed by atoms with E-state index in [2.05, 4.69) is 10.5 Å². The van der Waals surface area contributed by atoms with Crippen LogP contribution in [0, 0.1) is 0 Å². The molecule has 0 radical (unpaired) electrons. The van der Waals surface area contributed by atoms with Gasteiger partial charge in [0.1, 0.15) is 5.75 Å². The molecule has 0 saturated heterocycles. The Labute approximate surface area is 167 Å². The SMILES string of the molecule is CC(C)c1cc(NC(=O)COc2ccc(C(=O)c3ccc(Cl)cc3)cc2)on1. The summed E-state index contributed by atoms with van der Waals surface area (Å²) in [6.07, 6.45) is 0. The lowest BCUT2D eigenvalue weighted by atomic mass is 10.0. The predicted molar refractivity (Wildman–Crippen MR) is 106 cm³/mol. The van der Waals surface area contributed by atoms with Gasteiger partial charge in [-0.2, -0.15) is 0 Å². The summed E-state index contributed by atoms with van der Waals surface area (Å²) in [5, 5.41) is 7.03. The minimum absolute atomic E-state index is 0.118. The molecule has 1 amide bonds. The van der Waals surface area contributed by atoms with Gasteiger partial charge in [0, 0.05) is 22.2 Å². The molecule has 0 spiro atoms. The average Bonchev–Trinajstić information content (AvgIpc) is 3.16. The van der Waals surface area contributed by atoms with E-state index in [0.29, 0.717) is 21.9 Å². The molecule has 1 aromatic heterocycles. The van der Waals surface area contributed by atoms with Gasteiger partial charge in [0.2, 0.25) is 5.88 Å². The van der Waals surface area contributed by atoms with Crippen LogP contribution in [0.25, 0.3) is 0 Å². The van der Waals surface area contributed by atoms with E-state index in [9.17, 15) is 9.59 Å². The number of anilines is 1. The number of halogens is 1. The normalized spacial score (nSPS) is 10.7. The van der Waals surface area contributed by atoms with Crippen molar-refractivity contribution in [3.63, 3.8) is 0 Å².